The second-order valence-corrected chi connectivity index (χ2v) is 7.24. The first-order chi connectivity index (χ1) is 12.9. The van der Waals surface area contributed by atoms with Crippen molar-refractivity contribution in [1.29, 1.82) is 0 Å². The Bertz CT molecular complexity index is 631. The lowest BCUT2D eigenvalue weighted by Crippen LogP contribution is -2.41. The van der Waals surface area contributed by atoms with E-state index in [2.05, 4.69) is 43.0 Å². The van der Waals surface area contributed by atoms with Gasteiger partial charge in [0.05, 0.1) is 0 Å². The van der Waals surface area contributed by atoms with E-state index >= 15 is 0 Å². The number of ether oxygens (including phenoxy) is 1. The van der Waals surface area contributed by atoms with E-state index < -0.39 is 11.9 Å². The Morgan fingerprint density at radius 2 is 1.81 bits per heavy atom. The molecule has 2 atom stereocenters. The smallest absolute Gasteiger partial charge is 0.414 e. The molecule has 2 N–H and O–H groups in total. The molecule has 1 fully saturated rings. The minimum Gasteiger partial charge on any atom is -0.486 e. The van der Waals surface area contributed by atoms with E-state index in [-0.39, 0.29) is 5.60 Å². The van der Waals surface area contributed by atoms with Gasteiger partial charge in [-0.05, 0) is 57.8 Å². The molecule has 1 aliphatic carbocycles. The number of rotatable bonds is 6. The fourth-order valence-electron chi connectivity index (χ4n) is 4.34. The number of hydrogen-bond donors (Lipinski definition) is 2. The summed E-state index contributed by atoms with van der Waals surface area (Å²) in [6.07, 6.45) is 7.71. The molecule has 0 amide bonds. The van der Waals surface area contributed by atoms with Crippen LogP contribution in [0.15, 0.2) is 24.3 Å². The highest BCUT2D eigenvalue weighted by Gasteiger charge is 2.48. The van der Waals surface area contributed by atoms with Crippen molar-refractivity contribution in [3.8, 4) is 5.75 Å². The molecule has 1 aromatic carbocycles. The van der Waals surface area contributed by atoms with Crippen LogP contribution in [0, 0.1) is 0 Å². The molecule has 1 saturated carbocycles. The minimum atomic E-state index is -1.82. The predicted octanol–water partition coefficient (Wildman–Crippen LogP) is 3.75. The third-order valence-electron chi connectivity index (χ3n) is 5.74. The molecule has 1 heterocycles. The molecular weight excluding hydrogens is 346 g/mol. The first-order valence-corrected chi connectivity index (χ1v) is 9.90. The first-order valence-electron chi connectivity index (χ1n) is 9.90. The van der Waals surface area contributed by atoms with Gasteiger partial charge in [-0.1, -0.05) is 38.5 Å². The molecule has 6 heteroatoms. The predicted molar refractivity (Wildman–Crippen MR) is 103 cm³/mol. The lowest BCUT2D eigenvalue weighted by atomic mass is 9.71. The van der Waals surface area contributed by atoms with E-state index in [1.54, 1.807) is 0 Å². The molecule has 150 valence electrons. The number of carboxylic acid groups (broad SMARTS) is 2. The zero-order valence-corrected chi connectivity index (χ0v) is 16.3. The summed E-state index contributed by atoms with van der Waals surface area (Å²) in [5.74, 6) is -1.85. The number of para-hydroxylation sites is 1. The number of fused-ring (bicyclic) bond motifs is 3. The van der Waals surface area contributed by atoms with Crippen molar-refractivity contribution in [2.24, 2.45) is 0 Å². The molecule has 3 rings (SSSR count). The summed E-state index contributed by atoms with van der Waals surface area (Å²) in [6.45, 7) is 8.05. The van der Waals surface area contributed by atoms with E-state index in [1.807, 2.05) is 0 Å². The highest BCUT2D eigenvalue weighted by atomic mass is 16.5. The average Bonchev–Trinajstić information content (AvgIpc) is 3.00. The maximum atomic E-state index is 9.10. The first kappa shape index (κ1) is 21.2. The lowest BCUT2D eigenvalue weighted by Gasteiger charge is -2.39. The van der Waals surface area contributed by atoms with E-state index in [1.165, 1.54) is 50.6 Å². The Morgan fingerprint density at radius 3 is 2.44 bits per heavy atom. The normalized spacial score (nSPS) is 22.9. The van der Waals surface area contributed by atoms with Gasteiger partial charge in [0.15, 0.2) is 0 Å². The maximum absolute atomic E-state index is 9.10. The van der Waals surface area contributed by atoms with Crippen LogP contribution in [0.2, 0.25) is 0 Å². The lowest BCUT2D eigenvalue weighted by molar-refractivity contribution is -0.159. The second kappa shape index (κ2) is 9.74. The average molecular weight is 377 g/mol. The summed E-state index contributed by atoms with van der Waals surface area (Å²) in [5.41, 5.74) is 1.58. The number of benzene rings is 1. The van der Waals surface area contributed by atoms with Crippen LogP contribution in [0.4, 0.5) is 0 Å². The van der Waals surface area contributed by atoms with Gasteiger partial charge in [-0.2, -0.15) is 0 Å². The van der Waals surface area contributed by atoms with Crippen molar-refractivity contribution in [2.75, 3.05) is 19.6 Å². The van der Waals surface area contributed by atoms with Crippen molar-refractivity contribution >= 4 is 11.9 Å². The molecular formula is C21H31NO5. The molecule has 1 aliphatic heterocycles. The summed E-state index contributed by atoms with van der Waals surface area (Å²) >= 11 is 0. The Labute approximate surface area is 161 Å². The van der Waals surface area contributed by atoms with Crippen molar-refractivity contribution in [3.63, 3.8) is 0 Å². The molecule has 0 aromatic heterocycles. The van der Waals surface area contributed by atoms with Gasteiger partial charge in [0.1, 0.15) is 11.4 Å². The highest BCUT2D eigenvalue weighted by Crippen LogP contribution is 2.53. The van der Waals surface area contributed by atoms with Gasteiger partial charge in [0.2, 0.25) is 0 Å². The van der Waals surface area contributed by atoms with Crippen LogP contribution in [0.5, 0.6) is 5.75 Å². The van der Waals surface area contributed by atoms with Crippen molar-refractivity contribution < 1.29 is 24.5 Å². The Balaban J connectivity index is 0.000000380. The van der Waals surface area contributed by atoms with Crippen molar-refractivity contribution in [1.82, 2.24) is 4.90 Å². The van der Waals surface area contributed by atoms with Crippen LogP contribution in [0.25, 0.3) is 0 Å². The fourth-order valence-corrected chi connectivity index (χ4v) is 4.34. The monoisotopic (exact) mass is 377 g/mol. The molecule has 0 spiro atoms. The van der Waals surface area contributed by atoms with Gasteiger partial charge in [0.25, 0.3) is 0 Å². The van der Waals surface area contributed by atoms with Crippen LogP contribution < -0.4 is 4.74 Å². The molecule has 0 bridgehead atoms. The summed E-state index contributed by atoms with van der Waals surface area (Å²) in [7, 11) is 0. The van der Waals surface area contributed by atoms with E-state index in [0.717, 1.165) is 18.8 Å². The van der Waals surface area contributed by atoms with Crippen LogP contribution in [0.3, 0.4) is 0 Å². The van der Waals surface area contributed by atoms with Crippen LogP contribution in [0.1, 0.15) is 63.9 Å². The Kier molecular flexibility index (Phi) is 7.66. The summed E-state index contributed by atoms with van der Waals surface area (Å²) in [6, 6.07) is 8.74. The topological polar surface area (TPSA) is 87.1 Å². The molecule has 1 aromatic rings. The van der Waals surface area contributed by atoms with Gasteiger partial charge < -0.3 is 19.8 Å². The number of carbonyl (C=O) groups is 2. The summed E-state index contributed by atoms with van der Waals surface area (Å²) in [5, 5.41) is 14.8. The number of aliphatic carboxylic acids is 2. The standard InChI is InChI=1S/C19H29NO.C2H2O4/c1-3-20(4-2)15-9-14-19-13-8-7-11-17(19)16-10-5-6-12-18(16)21-19;3-1(4)2(5)6/h5-6,10,12,17H,3-4,7-9,11,13-15H2,1-2H3;(H,3,4)(H,5,6)/t17-,19+;/m0./s1. The zero-order valence-electron chi connectivity index (χ0n) is 16.3. The molecule has 6 nitrogen and oxygen atoms in total. The van der Waals surface area contributed by atoms with Gasteiger partial charge in [-0.25, -0.2) is 9.59 Å². The van der Waals surface area contributed by atoms with Gasteiger partial charge >= 0.3 is 11.9 Å². The molecule has 0 unspecified atom stereocenters. The summed E-state index contributed by atoms with van der Waals surface area (Å²) in [4.78, 5) is 20.7. The third-order valence-corrected chi connectivity index (χ3v) is 5.74. The van der Waals surface area contributed by atoms with Gasteiger partial charge in [0, 0.05) is 11.5 Å². The van der Waals surface area contributed by atoms with Gasteiger partial charge in [-0.3, -0.25) is 0 Å². The number of hydrogen-bond acceptors (Lipinski definition) is 4. The SMILES string of the molecule is CCN(CC)CCC[C@]12CCCC[C@H]1c1ccccc1O2.O=C(O)C(=O)O. The Hall–Kier alpha value is -2.08. The zero-order chi connectivity index (χ0) is 19.9. The quantitative estimate of drug-likeness (QED) is 0.734. The van der Waals surface area contributed by atoms with Gasteiger partial charge in [-0.15, -0.1) is 0 Å². The van der Waals surface area contributed by atoms with Crippen LogP contribution in [-0.2, 0) is 9.59 Å². The maximum Gasteiger partial charge on any atom is 0.414 e. The largest absolute Gasteiger partial charge is 0.486 e. The fraction of sp³-hybridized carbons (Fsp3) is 0.619. The van der Waals surface area contributed by atoms with E-state index in [0.29, 0.717) is 5.92 Å². The molecule has 0 saturated heterocycles. The molecule has 2 aliphatic rings. The van der Waals surface area contributed by atoms with E-state index in [4.69, 9.17) is 24.5 Å². The van der Waals surface area contributed by atoms with E-state index in [9.17, 15) is 0 Å². The summed E-state index contributed by atoms with van der Waals surface area (Å²) < 4.78 is 6.53. The second-order valence-electron chi connectivity index (χ2n) is 7.24. The Morgan fingerprint density at radius 1 is 1.15 bits per heavy atom. The number of nitrogens with zero attached hydrogens (tertiary/aromatic N) is 1. The van der Waals surface area contributed by atoms with Crippen molar-refractivity contribution in [2.45, 2.75) is 63.9 Å². The third kappa shape index (κ3) is 5.22. The van der Waals surface area contributed by atoms with Crippen molar-refractivity contribution in [3.05, 3.63) is 29.8 Å². The molecule has 27 heavy (non-hydrogen) atoms. The highest BCUT2D eigenvalue weighted by molar-refractivity contribution is 6.27. The number of carboxylic acids is 2. The van der Waals surface area contributed by atoms with Crippen LogP contribution in [-0.4, -0.2) is 52.3 Å². The molecule has 0 radical (unpaired) electrons. The van der Waals surface area contributed by atoms with Crippen LogP contribution >= 0.6 is 0 Å². The minimum absolute atomic E-state index is 0.106.